The van der Waals surface area contributed by atoms with E-state index >= 15 is 0 Å². The van der Waals surface area contributed by atoms with Gasteiger partial charge in [0.05, 0.1) is 11.8 Å². The van der Waals surface area contributed by atoms with Crippen molar-refractivity contribution in [3.8, 4) is 11.5 Å². The molecule has 35 heavy (non-hydrogen) atoms. The summed E-state index contributed by atoms with van der Waals surface area (Å²) in [6, 6.07) is 15.2. The SMILES string of the molecule is Cc1ccc(Oc2ccc(NC(=O)C3CCC(N4C(=O)[C@@H]5[C@@H](C4=O)[C@H]4C=C[C@@H]5C4)CC3)cc2)cc1. The third-order valence-corrected chi connectivity index (χ3v) is 8.32. The molecule has 1 aliphatic heterocycles. The molecule has 4 aliphatic rings. The van der Waals surface area contributed by atoms with Gasteiger partial charge in [-0.3, -0.25) is 19.3 Å². The van der Waals surface area contributed by atoms with E-state index in [9.17, 15) is 14.4 Å². The minimum Gasteiger partial charge on any atom is -0.457 e. The monoisotopic (exact) mass is 470 g/mol. The first-order valence-corrected chi connectivity index (χ1v) is 12.7. The number of benzene rings is 2. The van der Waals surface area contributed by atoms with E-state index < -0.39 is 0 Å². The van der Waals surface area contributed by atoms with Gasteiger partial charge in [0, 0.05) is 17.6 Å². The first-order chi connectivity index (χ1) is 17.0. The Morgan fingerprint density at radius 2 is 1.37 bits per heavy atom. The summed E-state index contributed by atoms with van der Waals surface area (Å²) in [5.74, 6) is 1.61. The fraction of sp³-hybridized carbons (Fsp3) is 0.414. The molecule has 2 bridgehead atoms. The maximum absolute atomic E-state index is 13.1. The van der Waals surface area contributed by atoms with Crippen molar-refractivity contribution in [2.45, 2.75) is 45.1 Å². The number of imide groups is 1. The van der Waals surface area contributed by atoms with Crippen LogP contribution < -0.4 is 10.1 Å². The van der Waals surface area contributed by atoms with Gasteiger partial charge in [0.15, 0.2) is 0 Å². The summed E-state index contributed by atoms with van der Waals surface area (Å²) in [5.41, 5.74) is 1.91. The number of nitrogens with zero attached hydrogens (tertiary/aromatic N) is 1. The van der Waals surface area contributed by atoms with Gasteiger partial charge >= 0.3 is 0 Å². The number of rotatable bonds is 5. The van der Waals surface area contributed by atoms with Crippen LogP contribution in [0.25, 0.3) is 0 Å². The number of ether oxygens (including phenoxy) is 1. The molecule has 3 fully saturated rings. The molecule has 2 aromatic carbocycles. The van der Waals surface area contributed by atoms with Gasteiger partial charge in [0.1, 0.15) is 11.5 Å². The minimum absolute atomic E-state index is 0.00570. The number of aryl methyl sites for hydroxylation is 1. The van der Waals surface area contributed by atoms with E-state index in [1.807, 2.05) is 55.5 Å². The highest BCUT2D eigenvalue weighted by molar-refractivity contribution is 6.06. The van der Waals surface area contributed by atoms with E-state index in [-0.39, 0.29) is 53.4 Å². The van der Waals surface area contributed by atoms with E-state index in [0.717, 1.165) is 17.9 Å². The molecule has 0 unspecified atom stereocenters. The highest BCUT2D eigenvalue weighted by atomic mass is 16.5. The number of likely N-dealkylation sites (tertiary alicyclic amines) is 1. The summed E-state index contributed by atoms with van der Waals surface area (Å²) < 4.78 is 5.86. The van der Waals surface area contributed by atoms with Crippen molar-refractivity contribution in [1.29, 1.82) is 0 Å². The number of allylic oxidation sites excluding steroid dienone is 2. The molecular formula is C29H30N2O4. The summed E-state index contributed by atoms with van der Waals surface area (Å²) >= 11 is 0. The zero-order valence-electron chi connectivity index (χ0n) is 19.9. The van der Waals surface area contributed by atoms with Gasteiger partial charge in [-0.15, -0.1) is 0 Å². The molecule has 2 aromatic rings. The van der Waals surface area contributed by atoms with Crippen LogP contribution in [0.1, 0.15) is 37.7 Å². The summed E-state index contributed by atoms with van der Waals surface area (Å²) in [6.07, 6.45) is 7.96. The lowest BCUT2D eigenvalue weighted by Crippen LogP contribution is -2.44. The first kappa shape index (κ1) is 22.1. The lowest BCUT2D eigenvalue weighted by atomic mass is 9.84. The molecule has 6 rings (SSSR count). The van der Waals surface area contributed by atoms with Crippen LogP contribution in [0.15, 0.2) is 60.7 Å². The molecule has 1 N–H and O–H groups in total. The third-order valence-electron chi connectivity index (χ3n) is 8.32. The highest BCUT2D eigenvalue weighted by Gasteiger charge is 2.60. The van der Waals surface area contributed by atoms with Crippen molar-refractivity contribution in [3.63, 3.8) is 0 Å². The lowest BCUT2D eigenvalue weighted by Gasteiger charge is -2.33. The zero-order chi connectivity index (χ0) is 24.1. The van der Waals surface area contributed by atoms with E-state index in [1.165, 1.54) is 5.56 Å². The molecular weight excluding hydrogens is 440 g/mol. The normalized spacial score (nSPS) is 31.1. The van der Waals surface area contributed by atoms with E-state index in [0.29, 0.717) is 31.4 Å². The maximum Gasteiger partial charge on any atom is 0.233 e. The second kappa shape index (κ2) is 8.67. The van der Waals surface area contributed by atoms with Crippen molar-refractivity contribution in [2.24, 2.45) is 29.6 Å². The molecule has 6 heteroatoms. The van der Waals surface area contributed by atoms with Gasteiger partial charge in [0.25, 0.3) is 0 Å². The van der Waals surface area contributed by atoms with Gasteiger partial charge in [0.2, 0.25) is 17.7 Å². The Kier molecular flexibility index (Phi) is 5.47. The molecule has 180 valence electrons. The van der Waals surface area contributed by atoms with Gasteiger partial charge in [-0.05, 0) is 87.3 Å². The average Bonchev–Trinajstić information content (AvgIpc) is 3.55. The second-order valence-corrected chi connectivity index (χ2v) is 10.5. The van der Waals surface area contributed by atoms with Crippen LogP contribution >= 0.6 is 0 Å². The van der Waals surface area contributed by atoms with Crippen LogP contribution in [-0.4, -0.2) is 28.7 Å². The van der Waals surface area contributed by atoms with Gasteiger partial charge in [-0.25, -0.2) is 0 Å². The van der Waals surface area contributed by atoms with Gasteiger partial charge in [-0.2, -0.15) is 0 Å². The maximum atomic E-state index is 13.1. The van der Waals surface area contributed by atoms with Gasteiger partial charge < -0.3 is 10.1 Å². The molecule has 3 amide bonds. The van der Waals surface area contributed by atoms with Gasteiger partial charge in [-0.1, -0.05) is 29.8 Å². The number of hydrogen-bond donors (Lipinski definition) is 1. The number of carbonyl (C=O) groups is 3. The number of amides is 3. The van der Waals surface area contributed by atoms with Crippen molar-refractivity contribution in [3.05, 3.63) is 66.2 Å². The molecule has 0 aromatic heterocycles. The minimum atomic E-state index is -0.142. The van der Waals surface area contributed by atoms with Crippen molar-refractivity contribution >= 4 is 23.4 Å². The second-order valence-electron chi connectivity index (χ2n) is 10.5. The Morgan fingerprint density at radius 1 is 0.829 bits per heavy atom. The van der Waals surface area contributed by atoms with Crippen molar-refractivity contribution in [1.82, 2.24) is 4.90 Å². The molecule has 1 heterocycles. The number of nitrogens with one attached hydrogen (secondary N) is 1. The van der Waals surface area contributed by atoms with Crippen LogP contribution in [-0.2, 0) is 14.4 Å². The largest absolute Gasteiger partial charge is 0.457 e. The molecule has 4 atom stereocenters. The Labute approximate surface area is 205 Å². The fourth-order valence-electron chi connectivity index (χ4n) is 6.47. The Hall–Kier alpha value is -3.41. The first-order valence-electron chi connectivity index (χ1n) is 12.7. The predicted octanol–water partition coefficient (Wildman–Crippen LogP) is 5.09. The summed E-state index contributed by atoms with van der Waals surface area (Å²) in [5, 5.41) is 3.01. The van der Waals surface area contributed by atoms with Crippen LogP contribution in [0.3, 0.4) is 0 Å². The van der Waals surface area contributed by atoms with E-state index in [2.05, 4.69) is 17.5 Å². The third kappa shape index (κ3) is 3.95. The summed E-state index contributed by atoms with van der Waals surface area (Å²) in [6.45, 7) is 2.03. The van der Waals surface area contributed by atoms with E-state index in [4.69, 9.17) is 4.74 Å². The summed E-state index contributed by atoms with van der Waals surface area (Å²) in [7, 11) is 0. The molecule has 6 nitrogen and oxygen atoms in total. The van der Waals surface area contributed by atoms with Crippen LogP contribution in [0.4, 0.5) is 5.69 Å². The molecule has 1 saturated heterocycles. The molecule has 3 aliphatic carbocycles. The smallest absolute Gasteiger partial charge is 0.233 e. The number of anilines is 1. The van der Waals surface area contributed by atoms with Crippen LogP contribution in [0.5, 0.6) is 11.5 Å². The zero-order valence-corrected chi connectivity index (χ0v) is 19.9. The predicted molar refractivity (Wildman–Crippen MR) is 132 cm³/mol. The number of carbonyl (C=O) groups excluding carboxylic acids is 3. The highest BCUT2D eigenvalue weighted by Crippen LogP contribution is 2.53. The van der Waals surface area contributed by atoms with Crippen molar-refractivity contribution in [2.75, 3.05) is 5.32 Å². The fourth-order valence-corrected chi connectivity index (χ4v) is 6.47. The topological polar surface area (TPSA) is 75.7 Å². The molecule has 0 spiro atoms. The number of hydrogen-bond acceptors (Lipinski definition) is 4. The Morgan fingerprint density at radius 3 is 1.94 bits per heavy atom. The molecule has 0 radical (unpaired) electrons. The standard InChI is InChI=1S/C29H30N2O4/c1-17-2-12-23(13-3-17)35-24-14-8-21(9-15-24)30-27(32)18-6-10-22(11-7-18)31-28(33)25-19-4-5-20(16-19)26(25)29(31)34/h2-5,8-9,12-15,18-20,22,25-26H,6-7,10-11,16H2,1H3,(H,30,32)/t18?,19-,20+,22?,25-,26-/m0/s1. The van der Waals surface area contributed by atoms with Crippen LogP contribution in [0.2, 0.25) is 0 Å². The van der Waals surface area contributed by atoms with E-state index in [1.54, 1.807) is 4.90 Å². The summed E-state index contributed by atoms with van der Waals surface area (Å²) in [4.78, 5) is 40.6. The Balaban J connectivity index is 1.02. The van der Waals surface area contributed by atoms with Crippen molar-refractivity contribution < 1.29 is 19.1 Å². The molecule has 2 saturated carbocycles. The average molecular weight is 471 g/mol. The quantitative estimate of drug-likeness (QED) is 0.488. The Bertz CT molecular complexity index is 1150. The lowest BCUT2D eigenvalue weighted by molar-refractivity contribution is -0.144. The van der Waals surface area contributed by atoms with Crippen LogP contribution in [0, 0.1) is 36.5 Å². The number of fused-ring (bicyclic) bond motifs is 5.